The Bertz CT molecular complexity index is 751. The number of anilines is 1. The van der Waals surface area contributed by atoms with Gasteiger partial charge in [-0.05, 0) is 38.9 Å². The van der Waals surface area contributed by atoms with E-state index in [1.54, 1.807) is 39.2 Å². The minimum Gasteiger partial charge on any atom is -0.497 e. The maximum absolute atomic E-state index is 12.4. The Kier molecular flexibility index (Phi) is 7.46. The first kappa shape index (κ1) is 21.5. The van der Waals surface area contributed by atoms with Crippen LogP contribution < -0.4 is 14.8 Å². The van der Waals surface area contributed by atoms with E-state index in [0.717, 1.165) is 0 Å². The molecule has 8 nitrogen and oxygen atoms in total. The summed E-state index contributed by atoms with van der Waals surface area (Å²) >= 11 is 0. The zero-order valence-electron chi connectivity index (χ0n) is 16.4. The molecule has 0 saturated carbocycles. The quantitative estimate of drug-likeness (QED) is 0.745. The first-order chi connectivity index (χ1) is 12.8. The number of rotatable bonds is 7. The molecule has 1 fully saturated rings. The lowest BCUT2D eigenvalue weighted by molar-refractivity contribution is -0.117. The van der Waals surface area contributed by atoms with E-state index in [-0.39, 0.29) is 12.5 Å². The molecule has 1 N–H and O–H groups in total. The molecule has 1 aromatic carbocycles. The zero-order valence-corrected chi connectivity index (χ0v) is 17.2. The van der Waals surface area contributed by atoms with Crippen LogP contribution in [0.3, 0.4) is 0 Å². The van der Waals surface area contributed by atoms with Crippen molar-refractivity contribution < 1.29 is 22.7 Å². The van der Waals surface area contributed by atoms with E-state index >= 15 is 0 Å². The summed E-state index contributed by atoms with van der Waals surface area (Å²) in [5, 5.41) is 2.41. The van der Waals surface area contributed by atoms with Gasteiger partial charge in [-0.2, -0.15) is 0 Å². The maximum atomic E-state index is 12.4. The number of ether oxygens (including phenoxy) is 2. The van der Waals surface area contributed by atoms with Gasteiger partial charge in [-0.15, -0.1) is 0 Å². The van der Waals surface area contributed by atoms with Gasteiger partial charge in [0.15, 0.2) is 0 Å². The summed E-state index contributed by atoms with van der Waals surface area (Å²) in [6.07, 6.45) is 0.699. The Hall–Kier alpha value is -1.84. The minimum atomic E-state index is -3.26. The number of amides is 1. The second-order valence-corrected chi connectivity index (χ2v) is 9.23. The molecule has 0 aliphatic carbocycles. The number of carbonyl (C=O) groups is 1. The van der Waals surface area contributed by atoms with Crippen molar-refractivity contribution in [3.05, 3.63) is 18.2 Å². The molecular formula is C18H29N3O5S. The summed E-state index contributed by atoms with van der Waals surface area (Å²) in [4.78, 5) is 14.4. The average Bonchev–Trinajstić information content (AvgIpc) is 2.87. The highest BCUT2D eigenvalue weighted by Crippen LogP contribution is 2.29. The van der Waals surface area contributed by atoms with Crippen LogP contribution >= 0.6 is 0 Å². The van der Waals surface area contributed by atoms with Crippen LogP contribution in [0.1, 0.15) is 20.3 Å². The normalized spacial score (nSPS) is 16.8. The number of benzene rings is 1. The molecule has 0 spiro atoms. The van der Waals surface area contributed by atoms with E-state index in [2.05, 4.69) is 5.32 Å². The lowest BCUT2D eigenvalue weighted by Gasteiger charge is -2.23. The molecule has 0 unspecified atom stereocenters. The number of methoxy groups -OCH3 is 2. The van der Waals surface area contributed by atoms with E-state index in [1.165, 1.54) is 11.4 Å². The fourth-order valence-electron chi connectivity index (χ4n) is 2.95. The van der Waals surface area contributed by atoms with Crippen molar-refractivity contribution >= 4 is 21.6 Å². The molecule has 1 aliphatic heterocycles. The van der Waals surface area contributed by atoms with Crippen LogP contribution in [0.2, 0.25) is 0 Å². The minimum absolute atomic E-state index is 0.168. The van der Waals surface area contributed by atoms with Crippen LogP contribution in [0.15, 0.2) is 18.2 Å². The van der Waals surface area contributed by atoms with E-state index in [1.807, 2.05) is 4.90 Å². The van der Waals surface area contributed by atoms with E-state index in [9.17, 15) is 13.2 Å². The third kappa shape index (κ3) is 5.57. The van der Waals surface area contributed by atoms with Crippen LogP contribution in [-0.2, 0) is 14.8 Å². The van der Waals surface area contributed by atoms with Gasteiger partial charge in [0.1, 0.15) is 11.5 Å². The fourth-order valence-corrected chi connectivity index (χ4v) is 4.27. The Labute approximate surface area is 161 Å². The highest BCUT2D eigenvalue weighted by molar-refractivity contribution is 7.89. The first-order valence-electron chi connectivity index (χ1n) is 9.01. The van der Waals surface area contributed by atoms with Gasteiger partial charge in [-0.25, -0.2) is 12.7 Å². The summed E-state index contributed by atoms with van der Waals surface area (Å²) in [5.41, 5.74) is 0.571. The second-order valence-electron chi connectivity index (χ2n) is 6.74. The predicted molar refractivity (Wildman–Crippen MR) is 105 cm³/mol. The summed E-state index contributed by atoms with van der Waals surface area (Å²) in [6, 6.07) is 5.18. The number of carbonyl (C=O) groups excluding carboxylic acids is 1. The van der Waals surface area contributed by atoms with Crippen LogP contribution in [-0.4, -0.2) is 75.7 Å². The topological polar surface area (TPSA) is 88.2 Å². The Morgan fingerprint density at radius 1 is 1.15 bits per heavy atom. The second kappa shape index (κ2) is 9.38. The first-order valence-corrected chi connectivity index (χ1v) is 10.5. The molecule has 1 saturated heterocycles. The molecule has 27 heavy (non-hydrogen) atoms. The van der Waals surface area contributed by atoms with Gasteiger partial charge in [-0.1, -0.05) is 0 Å². The fraction of sp³-hybridized carbons (Fsp3) is 0.611. The van der Waals surface area contributed by atoms with Gasteiger partial charge in [0, 0.05) is 25.7 Å². The molecule has 1 aliphatic rings. The highest BCUT2D eigenvalue weighted by atomic mass is 32.2. The summed E-state index contributed by atoms with van der Waals surface area (Å²) in [7, 11) is -0.166. The predicted octanol–water partition coefficient (Wildman–Crippen LogP) is 1.39. The van der Waals surface area contributed by atoms with Gasteiger partial charge in [0.05, 0.1) is 31.7 Å². The van der Waals surface area contributed by atoms with E-state index in [0.29, 0.717) is 49.8 Å². The van der Waals surface area contributed by atoms with Crippen molar-refractivity contribution in [1.82, 2.24) is 9.21 Å². The molecule has 0 atom stereocenters. The summed E-state index contributed by atoms with van der Waals surface area (Å²) < 4.78 is 36.6. The Morgan fingerprint density at radius 2 is 1.89 bits per heavy atom. The summed E-state index contributed by atoms with van der Waals surface area (Å²) in [5.74, 6) is 0.996. The zero-order chi connectivity index (χ0) is 20.0. The lowest BCUT2D eigenvalue weighted by atomic mass is 10.2. The van der Waals surface area contributed by atoms with Gasteiger partial charge in [0.2, 0.25) is 15.9 Å². The number of nitrogens with one attached hydrogen (secondary N) is 1. The maximum Gasteiger partial charge on any atom is 0.238 e. The highest BCUT2D eigenvalue weighted by Gasteiger charge is 2.28. The lowest BCUT2D eigenvalue weighted by Crippen LogP contribution is -2.40. The van der Waals surface area contributed by atoms with Crippen LogP contribution in [0.25, 0.3) is 0 Å². The number of nitrogens with zero attached hydrogens (tertiary/aromatic N) is 2. The summed E-state index contributed by atoms with van der Waals surface area (Å²) in [6.45, 7) is 5.67. The Balaban J connectivity index is 1.95. The van der Waals surface area contributed by atoms with Crippen molar-refractivity contribution in [2.24, 2.45) is 0 Å². The number of hydrogen-bond acceptors (Lipinski definition) is 6. The molecule has 152 valence electrons. The number of sulfonamides is 1. The van der Waals surface area contributed by atoms with Crippen molar-refractivity contribution in [2.45, 2.75) is 25.5 Å². The molecule has 9 heteroatoms. The smallest absolute Gasteiger partial charge is 0.238 e. The standard InChI is InChI=1S/C18H29N3O5S/c1-14(2)27(23,24)21-9-5-8-20(10-11-21)13-18(22)19-16-7-6-15(25-3)12-17(16)26-4/h6-7,12,14H,5,8-11,13H2,1-4H3,(H,19,22). The Morgan fingerprint density at radius 3 is 2.52 bits per heavy atom. The van der Waals surface area contributed by atoms with E-state index < -0.39 is 15.3 Å². The third-order valence-corrected chi connectivity index (χ3v) is 6.83. The third-order valence-electron chi connectivity index (χ3n) is 4.55. The van der Waals surface area contributed by atoms with Crippen molar-refractivity contribution in [3.8, 4) is 11.5 Å². The van der Waals surface area contributed by atoms with Crippen LogP contribution in [0.4, 0.5) is 5.69 Å². The molecule has 1 amide bonds. The average molecular weight is 400 g/mol. The molecule has 0 bridgehead atoms. The van der Waals surface area contributed by atoms with Crippen LogP contribution in [0, 0.1) is 0 Å². The molecule has 1 heterocycles. The van der Waals surface area contributed by atoms with Crippen molar-refractivity contribution in [1.29, 1.82) is 0 Å². The monoisotopic (exact) mass is 399 g/mol. The van der Waals surface area contributed by atoms with Gasteiger partial charge in [0.25, 0.3) is 0 Å². The van der Waals surface area contributed by atoms with Gasteiger partial charge >= 0.3 is 0 Å². The molecule has 2 rings (SSSR count). The molecule has 1 aromatic rings. The van der Waals surface area contributed by atoms with Gasteiger partial charge in [-0.3, -0.25) is 9.69 Å². The SMILES string of the molecule is COc1ccc(NC(=O)CN2CCCN(S(=O)(=O)C(C)C)CC2)c(OC)c1. The van der Waals surface area contributed by atoms with Crippen molar-refractivity contribution in [2.75, 3.05) is 52.3 Å². The molecular weight excluding hydrogens is 370 g/mol. The van der Waals surface area contributed by atoms with Gasteiger partial charge < -0.3 is 14.8 Å². The van der Waals surface area contributed by atoms with Crippen molar-refractivity contribution in [3.63, 3.8) is 0 Å². The van der Waals surface area contributed by atoms with Crippen LogP contribution in [0.5, 0.6) is 11.5 Å². The largest absolute Gasteiger partial charge is 0.497 e. The molecule has 0 radical (unpaired) electrons. The van der Waals surface area contributed by atoms with E-state index in [4.69, 9.17) is 9.47 Å². The molecule has 0 aromatic heterocycles. The number of hydrogen-bond donors (Lipinski definition) is 1.